The van der Waals surface area contributed by atoms with Crippen LogP contribution in [0.3, 0.4) is 0 Å². The minimum absolute atomic E-state index is 0.0305. The fourth-order valence-electron chi connectivity index (χ4n) is 2.96. The number of carbonyl (C=O) groups excluding carboxylic acids is 1. The number of benzene rings is 1. The molecular formula is C18H30N4O. The predicted octanol–water partition coefficient (Wildman–Crippen LogP) is 1.07. The molecule has 23 heavy (non-hydrogen) atoms. The summed E-state index contributed by atoms with van der Waals surface area (Å²) in [6.45, 7) is 9.18. The van der Waals surface area contributed by atoms with E-state index in [9.17, 15) is 4.79 Å². The predicted molar refractivity (Wildman–Crippen MR) is 94.1 cm³/mol. The summed E-state index contributed by atoms with van der Waals surface area (Å²) in [6, 6.07) is 9.68. The number of amides is 1. The summed E-state index contributed by atoms with van der Waals surface area (Å²) in [5.41, 5.74) is 7.24. The zero-order valence-electron chi connectivity index (χ0n) is 14.5. The molecule has 1 aliphatic rings. The molecule has 3 unspecified atom stereocenters. The van der Waals surface area contributed by atoms with Gasteiger partial charge in [-0.15, -0.1) is 0 Å². The molecule has 0 saturated carbocycles. The van der Waals surface area contributed by atoms with Crippen molar-refractivity contribution in [2.75, 3.05) is 39.8 Å². The lowest BCUT2D eigenvalue weighted by Gasteiger charge is -2.34. The Balaban J connectivity index is 1.80. The van der Waals surface area contributed by atoms with Crippen LogP contribution in [0.4, 0.5) is 0 Å². The molecule has 2 rings (SSSR count). The lowest BCUT2D eigenvalue weighted by atomic mass is 9.94. The number of piperazine rings is 1. The number of nitrogens with zero attached hydrogens (tertiary/aromatic N) is 2. The average Bonchev–Trinajstić information content (AvgIpc) is 2.56. The number of hydrogen-bond acceptors (Lipinski definition) is 4. The van der Waals surface area contributed by atoms with Crippen LogP contribution in [0.2, 0.25) is 0 Å². The van der Waals surface area contributed by atoms with E-state index in [4.69, 9.17) is 5.73 Å². The molecule has 0 spiro atoms. The quantitative estimate of drug-likeness (QED) is 0.824. The Morgan fingerprint density at radius 3 is 2.39 bits per heavy atom. The topological polar surface area (TPSA) is 61.6 Å². The van der Waals surface area contributed by atoms with Gasteiger partial charge in [0.25, 0.3) is 0 Å². The number of hydrogen-bond donors (Lipinski definition) is 2. The highest BCUT2D eigenvalue weighted by molar-refractivity contribution is 5.79. The molecule has 1 amide bonds. The van der Waals surface area contributed by atoms with Crippen LogP contribution < -0.4 is 11.1 Å². The number of nitrogens with one attached hydrogen (secondary N) is 1. The highest BCUT2D eigenvalue weighted by Gasteiger charge is 2.24. The van der Waals surface area contributed by atoms with Gasteiger partial charge in [0.15, 0.2) is 0 Å². The van der Waals surface area contributed by atoms with Crippen LogP contribution in [-0.4, -0.2) is 61.5 Å². The summed E-state index contributed by atoms with van der Waals surface area (Å²) in [7, 11) is 2.15. The molecule has 1 saturated heterocycles. The van der Waals surface area contributed by atoms with Crippen molar-refractivity contribution >= 4 is 5.91 Å². The molecule has 1 aromatic carbocycles. The summed E-state index contributed by atoms with van der Waals surface area (Å²) in [6.07, 6.45) is 0. The monoisotopic (exact) mass is 318 g/mol. The second-order valence-corrected chi connectivity index (χ2v) is 6.74. The van der Waals surface area contributed by atoms with Crippen molar-refractivity contribution in [3.05, 3.63) is 35.9 Å². The van der Waals surface area contributed by atoms with Crippen molar-refractivity contribution in [3.8, 4) is 0 Å². The lowest BCUT2D eigenvalue weighted by Crippen LogP contribution is -2.50. The van der Waals surface area contributed by atoms with Gasteiger partial charge in [0.2, 0.25) is 5.91 Å². The molecule has 1 fully saturated rings. The molecule has 0 aliphatic carbocycles. The van der Waals surface area contributed by atoms with Gasteiger partial charge in [0, 0.05) is 44.8 Å². The van der Waals surface area contributed by atoms with E-state index >= 15 is 0 Å². The first kappa shape index (κ1) is 17.9. The molecule has 1 aromatic rings. The van der Waals surface area contributed by atoms with Crippen molar-refractivity contribution in [3.63, 3.8) is 0 Å². The van der Waals surface area contributed by atoms with Crippen LogP contribution in [0, 0.1) is 5.92 Å². The van der Waals surface area contributed by atoms with Crippen LogP contribution in [0.1, 0.15) is 25.5 Å². The highest BCUT2D eigenvalue weighted by atomic mass is 16.2. The van der Waals surface area contributed by atoms with Crippen molar-refractivity contribution in [2.24, 2.45) is 11.7 Å². The third-order valence-corrected chi connectivity index (χ3v) is 4.65. The SMILES string of the molecule is CC(CN1CCN(C)CC1)NC(=O)C(C)C(N)c1ccccc1. The van der Waals surface area contributed by atoms with Crippen LogP contribution in [-0.2, 0) is 4.79 Å². The summed E-state index contributed by atoms with van der Waals surface area (Å²) >= 11 is 0. The van der Waals surface area contributed by atoms with E-state index in [0.717, 1.165) is 38.3 Å². The standard InChI is InChI=1S/C18H30N4O/c1-14(13-22-11-9-21(3)10-12-22)20-18(23)15(2)17(19)16-7-5-4-6-8-16/h4-8,14-15,17H,9-13,19H2,1-3H3,(H,20,23). The number of nitrogens with two attached hydrogens (primary N) is 1. The molecule has 0 bridgehead atoms. The van der Waals surface area contributed by atoms with Gasteiger partial charge >= 0.3 is 0 Å². The molecule has 1 heterocycles. The van der Waals surface area contributed by atoms with Crippen molar-refractivity contribution in [2.45, 2.75) is 25.9 Å². The minimum atomic E-state index is -0.271. The second kappa shape index (κ2) is 8.43. The zero-order chi connectivity index (χ0) is 16.8. The van der Waals surface area contributed by atoms with Crippen molar-refractivity contribution in [1.82, 2.24) is 15.1 Å². The molecule has 3 atom stereocenters. The first-order chi connectivity index (χ1) is 11.0. The van der Waals surface area contributed by atoms with Gasteiger partial charge in [-0.3, -0.25) is 9.69 Å². The maximum atomic E-state index is 12.4. The summed E-state index contributed by atoms with van der Waals surface area (Å²) in [5.74, 6) is -0.213. The summed E-state index contributed by atoms with van der Waals surface area (Å²) < 4.78 is 0. The zero-order valence-corrected chi connectivity index (χ0v) is 14.5. The summed E-state index contributed by atoms with van der Waals surface area (Å²) in [4.78, 5) is 17.2. The maximum absolute atomic E-state index is 12.4. The smallest absolute Gasteiger partial charge is 0.224 e. The Morgan fingerprint density at radius 2 is 1.78 bits per heavy atom. The van der Waals surface area contributed by atoms with E-state index in [1.165, 1.54) is 0 Å². The third-order valence-electron chi connectivity index (χ3n) is 4.65. The van der Waals surface area contributed by atoms with Crippen LogP contribution in [0.5, 0.6) is 0 Å². The second-order valence-electron chi connectivity index (χ2n) is 6.74. The van der Waals surface area contributed by atoms with Crippen LogP contribution in [0.25, 0.3) is 0 Å². The van der Waals surface area contributed by atoms with Gasteiger partial charge < -0.3 is 16.0 Å². The minimum Gasteiger partial charge on any atom is -0.352 e. The Kier molecular flexibility index (Phi) is 6.57. The van der Waals surface area contributed by atoms with Crippen molar-refractivity contribution < 1.29 is 4.79 Å². The van der Waals surface area contributed by atoms with Gasteiger partial charge in [0.1, 0.15) is 0 Å². The van der Waals surface area contributed by atoms with E-state index in [-0.39, 0.29) is 23.9 Å². The first-order valence-electron chi connectivity index (χ1n) is 8.49. The highest BCUT2D eigenvalue weighted by Crippen LogP contribution is 2.19. The molecular weight excluding hydrogens is 288 g/mol. The van der Waals surface area contributed by atoms with Gasteiger partial charge in [-0.05, 0) is 19.5 Å². The molecule has 3 N–H and O–H groups in total. The van der Waals surface area contributed by atoms with E-state index in [1.54, 1.807) is 0 Å². The third kappa shape index (κ3) is 5.30. The largest absolute Gasteiger partial charge is 0.352 e. The van der Waals surface area contributed by atoms with Gasteiger partial charge in [0.05, 0.1) is 5.92 Å². The molecule has 0 radical (unpaired) electrons. The molecule has 5 heteroatoms. The van der Waals surface area contributed by atoms with Crippen molar-refractivity contribution in [1.29, 1.82) is 0 Å². The molecule has 128 valence electrons. The lowest BCUT2D eigenvalue weighted by molar-refractivity contribution is -0.125. The number of carbonyl (C=O) groups is 1. The van der Waals surface area contributed by atoms with Crippen LogP contribution >= 0.6 is 0 Å². The Morgan fingerprint density at radius 1 is 1.17 bits per heavy atom. The maximum Gasteiger partial charge on any atom is 0.224 e. The fraction of sp³-hybridized carbons (Fsp3) is 0.611. The van der Waals surface area contributed by atoms with E-state index in [1.807, 2.05) is 37.3 Å². The van der Waals surface area contributed by atoms with Crippen LogP contribution in [0.15, 0.2) is 30.3 Å². The first-order valence-corrected chi connectivity index (χ1v) is 8.49. The van der Waals surface area contributed by atoms with Gasteiger partial charge in [-0.25, -0.2) is 0 Å². The molecule has 0 aromatic heterocycles. The number of likely N-dealkylation sites (N-methyl/N-ethyl adjacent to an activating group) is 1. The van der Waals surface area contributed by atoms with E-state index < -0.39 is 0 Å². The number of rotatable bonds is 6. The molecule has 5 nitrogen and oxygen atoms in total. The Hall–Kier alpha value is -1.43. The summed E-state index contributed by atoms with van der Waals surface area (Å²) in [5, 5.41) is 3.11. The Labute approximate surface area is 139 Å². The van der Waals surface area contributed by atoms with Gasteiger partial charge in [-0.1, -0.05) is 37.3 Å². The fourth-order valence-corrected chi connectivity index (χ4v) is 2.96. The average molecular weight is 318 g/mol. The van der Waals surface area contributed by atoms with E-state index in [0.29, 0.717) is 0 Å². The molecule has 1 aliphatic heterocycles. The normalized spacial score (nSPS) is 20.7. The Bertz CT molecular complexity index is 485. The van der Waals surface area contributed by atoms with Gasteiger partial charge in [-0.2, -0.15) is 0 Å². The van der Waals surface area contributed by atoms with E-state index in [2.05, 4.69) is 29.1 Å².